The lowest BCUT2D eigenvalue weighted by Crippen LogP contribution is -2.20. The Morgan fingerprint density at radius 1 is 1.53 bits per heavy atom. The van der Waals surface area contributed by atoms with Gasteiger partial charge in [-0.1, -0.05) is 13.8 Å². The zero-order chi connectivity index (χ0) is 13.0. The fraction of sp³-hybridized carbons (Fsp3) is 0.667. The summed E-state index contributed by atoms with van der Waals surface area (Å²) in [5, 5.41) is 4.01. The SMILES string of the molecule is CCn1ncc(N)c1C(=O)OC(C)CC(C)C. The maximum atomic E-state index is 11.9. The number of anilines is 1. The minimum absolute atomic E-state index is 0.109. The van der Waals surface area contributed by atoms with Crippen LogP contribution in [0.15, 0.2) is 6.20 Å². The standard InChI is InChI=1S/C12H21N3O2/c1-5-15-11(10(13)7-14-15)12(16)17-9(4)6-8(2)3/h7-9H,5-6,13H2,1-4H3. The Bertz CT molecular complexity index is 385. The average Bonchev–Trinajstić information content (AvgIpc) is 2.57. The molecular formula is C12H21N3O2. The van der Waals surface area contributed by atoms with Gasteiger partial charge in [0.15, 0.2) is 5.69 Å². The molecule has 96 valence electrons. The third kappa shape index (κ3) is 3.47. The zero-order valence-electron chi connectivity index (χ0n) is 10.9. The highest BCUT2D eigenvalue weighted by Crippen LogP contribution is 2.15. The van der Waals surface area contributed by atoms with Gasteiger partial charge >= 0.3 is 5.97 Å². The van der Waals surface area contributed by atoms with Gasteiger partial charge in [-0.05, 0) is 26.2 Å². The van der Waals surface area contributed by atoms with Crippen LogP contribution < -0.4 is 5.73 Å². The highest BCUT2D eigenvalue weighted by atomic mass is 16.5. The van der Waals surface area contributed by atoms with Crippen LogP contribution in [-0.2, 0) is 11.3 Å². The number of carbonyl (C=O) groups excluding carboxylic acids is 1. The van der Waals surface area contributed by atoms with Crippen LogP contribution in [-0.4, -0.2) is 21.9 Å². The molecule has 1 aromatic heterocycles. The number of rotatable bonds is 5. The summed E-state index contributed by atoms with van der Waals surface area (Å²) in [5.74, 6) is 0.0984. The van der Waals surface area contributed by atoms with Gasteiger partial charge in [0.05, 0.1) is 18.0 Å². The first kappa shape index (κ1) is 13.5. The molecule has 0 aliphatic rings. The number of nitrogens with zero attached hydrogens (tertiary/aromatic N) is 2. The molecule has 0 fully saturated rings. The van der Waals surface area contributed by atoms with Crippen LogP contribution >= 0.6 is 0 Å². The number of hydrogen-bond donors (Lipinski definition) is 1. The molecule has 0 aromatic carbocycles. The minimum Gasteiger partial charge on any atom is -0.458 e. The summed E-state index contributed by atoms with van der Waals surface area (Å²) in [5.41, 5.74) is 6.43. The molecule has 1 aromatic rings. The molecule has 0 spiro atoms. The van der Waals surface area contributed by atoms with E-state index in [2.05, 4.69) is 18.9 Å². The van der Waals surface area contributed by atoms with E-state index in [0.29, 0.717) is 23.8 Å². The van der Waals surface area contributed by atoms with Gasteiger partial charge < -0.3 is 10.5 Å². The highest BCUT2D eigenvalue weighted by Gasteiger charge is 2.20. The second-order valence-electron chi connectivity index (χ2n) is 4.61. The van der Waals surface area contributed by atoms with Crippen LogP contribution in [0.5, 0.6) is 0 Å². The van der Waals surface area contributed by atoms with Crippen molar-refractivity contribution in [3.8, 4) is 0 Å². The van der Waals surface area contributed by atoms with E-state index in [1.807, 2.05) is 13.8 Å². The van der Waals surface area contributed by atoms with Crippen molar-refractivity contribution in [2.24, 2.45) is 5.92 Å². The zero-order valence-corrected chi connectivity index (χ0v) is 10.9. The summed E-state index contributed by atoms with van der Waals surface area (Å²) in [6.45, 7) is 8.58. The molecular weight excluding hydrogens is 218 g/mol. The topological polar surface area (TPSA) is 70.1 Å². The molecule has 1 unspecified atom stereocenters. The Kier molecular flexibility index (Phi) is 4.54. The van der Waals surface area contributed by atoms with E-state index < -0.39 is 5.97 Å². The van der Waals surface area contributed by atoms with Crippen molar-refractivity contribution in [1.82, 2.24) is 9.78 Å². The Balaban J connectivity index is 2.72. The number of aromatic nitrogens is 2. The first-order chi connectivity index (χ1) is 7.95. The molecule has 5 nitrogen and oxygen atoms in total. The van der Waals surface area contributed by atoms with Crippen molar-refractivity contribution in [3.63, 3.8) is 0 Å². The molecule has 1 heterocycles. The third-order valence-corrected chi connectivity index (χ3v) is 2.47. The lowest BCUT2D eigenvalue weighted by Gasteiger charge is -2.15. The second-order valence-corrected chi connectivity index (χ2v) is 4.61. The Labute approximate surface area is 102 Å². The number of nitrogen functional groups attached to an aromatic ring is 1. The summed E-state index contributed by atoms with van der Waals surface area (Å²) < 4.78 is 6.90. The summed E-state index contributed by atoms with van der Waals surface area (Å²) in [6.07, 6.45) is 2.21. The molecule has 0 aliphatic carbocycles. The number of aryl methyl sites for hydroxylation is 1. The fourth-order valence-electron chi connectivity index (χ4n) is 1.81. The fourth-order valence-corrected chi connectivity index (χ4v) is 1.81. The number of carbonyl (C=O) groups is 1. The van der Waals surface area contributed by atoms with E-state index in [9.17, 15) is 4.79 Å². The van der Waals surface area contributed by atoms with Crippen molar-refractivity contribution >= 4 is 11.7 Å². The summed E-state index contributed by atoms with van der Waals surface area (Å²) >= 11 is 0. The number of hydrogen-bond acceptors (Lipinski definition) is 4. The van der Waals surface area contributed by atoms with Gasteiger partial charge in [0.25, 0.3) is 0 Å². The smallest absolute Gasteiger partial charge is 0.359 e. The molecule has 5 heteroatoms. The van der Waals surface area contributed by atoms with Gasteiger partial charge in [-0.25, -0.2) is 4.79 Å². The van der Waals surface area contributed by atoms with E-state index in [1.54, 1.807) is 4.68 Å². The lowest BCUT2D eigenvalue weighted by molar-refractivity contribution is 0.0287. The van der Waals surface area contributed by atoms with Crippen LogP contribution in [0.1, 0.15) is 44.6 Å². The van der Waals surface area contributed by atoms with Crippen molar-refractivity contribution < 1.29 is 9.53 Å². The van der Waals surface area contributed by atoms with Gasteiger partial charge in [-0.3, -0.25) is 4.68 Å². The van der Waals surface area contributed by atoms with E-state index in [0.717, 1.165) is 6.42 Å². The van der Waals surface area contributed by atoms with Gasteiger partial charge in [-0.2, -0.15) is 5.10 Å². The summed E-state index contributed by atoms with van der Waals surface area (Å²) in [6, 6.07) is 0. The van der Waals surface area contributed by atoms with E-state index >= 15 is 0 Å². The molecule has 0 amide bonds. The van der Waals surface area contributed by atoms with Crippen LogP contribution in [0.4, 0.5) is 5.69 Å². The van der Waals surface area contributed by atoms with E-state index in [4.69, 9.17) is 10.5 Å². The molecule has 0 radical (unpaired) electrons. The molecule has 2 N–H and O–H groups in total. The van der Waals surface area contributed by atoms with Gasteiger partial charge in [0.1, 0.15) is 0 Å². The second kappa shape index (κ2) is 5.70. The third-order valence-electron chi connectivity index (χ3n) is 2.47. The Morgan fingerprint density at radius 3 is 2.71 bits per heavy atom. The Hall–Kier alpha value is -1.52. The van der Waals surface area contributed by atoms with Crippen LogP contribution in [0.25, 0.3) is 0 Å². The lowest BCUT2D eigenvalue weighted by atomic mass is 10.1. The van der Waals surface area contributed by atoms with Crippen LogP contribution in [0.2, 0.25) is 0 Å². The number of nitrogens with two attached hydrogens (primary N) is 1. The molecule has 0 saturated heterocycles. The van der Waals surface area contributed by atoms with Crippen molar-refractivity contribution in [1.29, 1.82) is 0 Å². The highest BCUT2D eigenvalue weighted by molar-refractivity contribution is 5.93. The summed E-state index contributed by atoms with van der Waals surface area (Å²) in [4.78, 5) is 11.9. The first-order valence-electron chi connectivity index (χ1n) is 5.97. The van der Waals surface area contributed by atoms with Crippen molar-refractivity contribution in [3.05, 3.63) is 11.9 Å². The summed E-state index contributed by atoms with van der Waals surface area (Å²) in [7, 11) is 0. The normalized spacial score (nSPS) is 12.8. The van der Waals surface area contributed by atoms with Gasteiger partial charge in [0, 0.05) is 6.54 Å². The van der Waals surface area contributed by atoms with E-state index in [-0.39, 0.29) is 6.10 Å². The molecule has 0 saturated carbocycles. The number of ether oxygens (including phenoxy) is 1. The van der Waals surface area contributed by atoms with Crippen molar-refractivity contribution in [2.75, 3.05) is 5.73 Å². The first-order valence-corrected chi connectivity index (χ1v) is 5.97. The quantitative estimate of drug-likeness (QED) is 0.798. The van der Waals surface area contributed by atoms with Gasteiger partial charge in [0.2, 0.25) is 0 Å². The predicted molar refractivity (Wildman–Crippen MR) is 66.6 cm³/mol. The Morgan fingerprint density at radius 2 is 2.18 bits per heavy atom. The van der Waals surface area contributed by atoms with Crippen LogP contribution in [0, 0.1) is 5.92 Å². The maximum absolute atomic E-state index is 11.9. The van der Waals surface area contributed by atoms with Crippen molar-refractivity contribution in [2.45, 2.75) is 46.8 Å². The molecule has 17 heavy (non-hydrogen) atoms. The van der Waals surface area contributed by atoms with E-state index in [1.165, 1.54) is 6.20 Å². The molecule has 1 atom stereocenters. The minimum atomic E-state index is -0.394. The van der Waals surface area contributed by atoms with Gasteiger partial charge in [-0.15, -0.1) is 0 Å². The van der Waals surface area contributed by atoms with Crippen LogP contribution in [0.3, 0.4) is 0 Å². The largest absolute Gasteiger partial charge is 0.458 e. The molecule has 0 aliphatic heterocycles. The predicted octanol–water partition coefficient (Wildman–Crippen LogP) is 2.08. The maximum Gasteiger partial charge on any atom is 0.359 e. The molecule has 1 rings (SSSR count). The average molecular weight is 239 g/mol. The number of esters is 1. The monoisotopic (exact) mass is 239 g/mol. The molecule has 0 bridgehead atoms.